The first-order valence-electron chi connectivity index (χ1n) is 9.26. The molecule has 1 aromatic carbocycles. The van der Waals surface area contributed by atoms with Gasteiger partial charge in [-0.15, -0.1) is 0 Å². The van der Waals surface area contributed by atoms with Crippen molar-refractivity contribution in [1.82, 2.24) is 19.9 Å². The van der Waals surface area contributed by atoms with Crippen LogP contribution in [0.15, 0.2) is 18.2 Å². The van der Waals surface area contributed by atoms with Crippen molar-refractivity contribution in [3.05, 3.63) is 29.6 Å². The van der Waals surface area contributed by atoms with E-state index < -0.39 is 0 Å². The van der Waals surface area contributed by atoms with Gasteiger partial charge in [0.1, 0.15) is 17.3 Å². The number of aryl methyl sites for hydroxylation is 1. The van der Waals surface area contributed by atoms with Crippen LogP contribution in [0.3, 0.4) is 0 Å². The second-order valence-corrected chi connectivity index (χ2v) is 6.95. The van der Waals surface area contributed by atoms with Gasteiger partial charge in [0.15, 0.2) is 0 Å². The quantitative estimate of drug-likeness (QED) is 0.758. The Labute approximate surface area is 159 Å². The molecule has 0 atom stereocenters. The van der Waals surface area contributed by atoms with Crippen molar-refractivity contribution < 1.29 is 9.47 Å². The molecule has 4 N–H and O–H groups in total. The van der Waals surface area contributed by atoms with Crippen molar-refractivity contribution in [3.8, 4) is 11.5 Å². The number of nitrogens with two attached hydrogens (primary N) is 2. The molecular weight excluding hydrogens is 344 g/mol. The van der Waals surface area contributed by atoms with Gasteiger partial charge >= 0.3 is 0 Å². The van der Waals surface area contributed by atoms with Gasteiger partial charge in [-0.1, -0.05) is 0 Å². The Morgan fingerprint density at radius 3 is 2.11 bits per heavy atom. The lowest BCUT2D eigenvalue weighted by Gasteiger charge is -2.31. The summed E-state index contributed by atoms with van der Waals surface area (Å²) in [7, 11) is 3.37. The first kappa shape index (κ1) is 19.2. The summed E-state index contributed by atoms with van der Waals surface area (Å²) in [5, 5.41) is 0. The number of methoxy groups -OCH3 is 2. The van der Waals surface area contributed by atoms with Gasteiger partial charge in [0.05, 0.1) is 20.8 Å². The molecule has 0 radical (unpaired) electrons. The number of piperidine rings is 1. The molecule has 0 spiro atoms. The topological polar surface area (TPSA) is 112 Å². The van der Waals surface area contributed by atoms with E-state index in [9.17, 15) is 0 Å². The number of nitrogens with zero attached hydrogens (tertiary/aromatic N) is 4. The minimum Gasteiger partial charge on any atom is -0.497 e. The summed E-state index contributed by atoms with van der Waals surface area (Å²) in [4.78, 5) is 14.5. The highest BCUT2D eigenvalue weighted by Crippen LogP contribution is 2.27. The predicted molar refractivity (Wildman–Crippen MR) is 105 cm³/mol. The molecule has 1 saturated heterocycles. The molecular formula is C19H28N6O2. The summed E-state index contributed by atoms with van der Waals surface area (Å²) in [5.41, 5.74) is 12.5. The number of hydrogen-bond donors (Lipinski definition) is 2. The number of benzene rings is 1. The number of ether oxygens (including phenoxy) is 2. The lowest BCUT2D eigenvalue weighted by atomic mass is 9.90. The van der Waals surface area contributed by atoms with E-state index in [1.165, 1.54) is 5.56 Å². The molecule has 0 amide bonds. The smallest absolute Gasteiger partial charge is 0.225 e. The molecule has 27 heavy (non-hydrogen) atoms. The lowest BCUT2D eigenvalue weighted by Crippen LogP contribution is -2.34. The first-order valence-corrected chi connectivity index (χ1v) is 9.26. The minimum absolute atomic E-state index is 0.182. The Kier molecular flexibility index (Phi) is 6.28. The highest BCUT2D eigenvalue weighted by molar-refractivity contribution is 5.38. The van der Waals surface area contributed by atoms with E-state index in [1.54, 1.807) is 14.2 Å². The van der Waals surface area contributed by atoms with Crippen LogP contribution >= 0.6 is 0 Å². The molecule has 146 valence electrons. The summed E-state index contributed by atoms with van der Waals surface area (Å²) in [6.45, 7) is 2.71. The molecule has 1 aliphatic rings. The first-order chi connectivity index (χ1) is 13.1. The second kappa shape index (κ2) is 8.85. The Morgan fingerprint density at radius 2 is 1.56 bits per heavy atom. The van der Waals surface area contributed by atoms with Gasteiger partial charge in [0.25, 0.3) is 0 Å². The molecule has 3 rings (SSSR count). The van der Waals surface area contributed by atoms with E-state index in [4.69, 9.17) is 20.9 Å². The van der Waals surface area contributed by atoms with Crippen LogP contribution in [0.25, 0.3) is 0 Å². The standard InChI is InChI=1S/C19H28N6O2/c1-26-15-9-14(10-16(11-15)27-2)4-3-13-5-7-25(8-6-13)12-17-22-18(20)24-19(21)23-17/h9-11,13H,3-8,12H2,1-2H3,(H4,20,21,22,23,24). The second-order valence-electron chi connectivity index (χ2n) is 6.95. The average Bonchev–Trinajstić information content (AvgIpc) is 2.66. The van der Waals surface area contributed by atoms with Gasteiger partial charge in [-0.05, 0) is 62.4 Å². The fourth-order valence-electron chi connectivity index (χ4n) is 3.54. The Bertz CT molecular complexity index is 719. The molecule has 0 saturated carbocycles. The molecule has 1 fully saturated rings. The van der Waals surface area contributed by atoms with Crippen molar-refractivity contribution in [2.75, 3.05) is 38.8 Å². The third-order valence-corrected chi connectivity index (χ3v) is 5.04. The van der Waals surface area contributed by atoms with Crippen molar-refractivity contribution >= 4 is 11.9 Å². The van der Waals surface area contributed by atoms with Gasteiger partial charge < -0.3 is 20.9 Å². The zero-order chi connectivity index (χ0) is 19.2. The Balaban J connectivity index is 1.48. The fraction of sp³-hybridized carbons (Fsp3) is 0.526. The predicted octanol–water partition coefficient (Wildman–Crippen LogP) is 1.90. The molecule has 1 aliphatic heterocycles. The van der Waals surface area contributed by atoms with Crippen LogP contribution in [0, 0.1) is 5.92 Å². The maximum atomic E-state index is 5.64. The van der Waals surface area contributed by atoms with Gasteiger partial charge in [0.2, 0.25) is 11.9 Å². The van der Waals surface area contributed by atoms with Gasteiger partial charge in [-0.25, -0.2) is 0 Å². The largest absolute Gasteiger partial charge is 0.497 e. The normalized spacial score (nSPS) is 15.6. The van der Waals surface area contributed by atoms with E-state index in [-0.39, 0.29) is 11.9 Å². The van der Waals surface area contributed by atoms with Crippen LogP contribution < -0.4 is 20.9 Å². The van der Waals surface area contributed by atoms with E-state index in [0.717, 1.165) is 50.3 Å². The highest BCUT2D eigenvalue weighted by atomic mass is 16.5. The maximum absolute atomic E-state index is 5.64. The van der Waals surface area contributed by atoms with Crippen molar-refractivity contribution in [1.29, 1.82) is 0 Å². The molecule has 8 nitrogen and oxygen atoms in total. The van der Waals surface area contributed by atoms with Crippen molar-refractivity contribution in [2.24, 2.45) is 5.92 Å². The number of nitrogen functional groups attached to an aromatic ring is 2. The molecule has 0 aliphatic carbocycles. The SMILES string of the molecule is COc1cc(CCC2CCN(Cc3nc(N)nc(N)n3)CC2)cc(OC)c1. The number of hydrogen-bond acceptors (Lipinski definition) is 8. The maximum Gasteiger partial charge on any atom is 0.225 e. The molecule has 2 aromatic rings. The van der Waals surface area contributed by atoms with Gasteiger partial charge in [-0.3, -0.25) is 4.90 Å². The van der Waals surface area contributed by atoms with Crippen LogP contribution in [-0.2, 0) is 13.0 Å². The third kappa shape index (κ3) is 5.43. The molecule has 8 heteroatoms. The van der Waals surface area contributed by atoms with Crippen LogP contribution in [0.2, 0.25) is 0 Å². The summed E-state index contributed by atoms with van der Waals surface area (Å²) in [5.74, 6) is 3.40. The lowest BCUT2D eigenvalue weighted by molar-refractivity contribution is 0.169. The average molecular weight is 372 g/mol. The summed E-state index contributed by atoms with van der Waals surface area (Å²) >= 11 is 0. The van der Waals surface area contributed by atoms with E-state index >= 15 is 0 Å². The van der Waals surface area contributed by atoms with Crippen LogP contribution in [-0.4, -0.2) is 47.2 Å². The van der Waals surface area contributed by atoms with Crippen LogP contribution in [0.1, 0.15) is 30.7 Å². The van der Waals surface area contributed by atoms with E-state index in [0.29, 0.717) is 18.3 Å². The zero-order valence-corrected chi connectivity index (χ0v) is 16.0. The summed E-state index contributed by atoms with van der Waals surface area (Å²) < 4.78 is 10.7. The molecule has 0 bridgehead atoms. The zero-order valence-electron chi connectivity index (χ0n) is 16.0. The molecule has 0 unspecified atom stereocenters. The van der Waals surface area contributed by atoms with E-state index in [2.05, 4.69) is 32.0 Å². The number of aromatic nitrogens is 3. The Morgan fingerprint density at radius 1 is 0.963 bits per heavy atom. The highest BCUT2D eigenvalue weighted by Gasteiger charge is 2.20. The Hall–Kier alpha value is -2.61. The van der Waals surface area contributed by atoms with Gasteiger partial charge in [-0.2, -0.15) is 15.0 Å². The van der Waals surface area contributed by atoms with Crippen molar-refractivity contribution in [3.63, 3.8) is 0 Å². The molecule has 1 aromatic heterocycles. The number of likely N-dealkylation sites (tertiary alicyclic amines) is 1. The number of rotatable bonds is 7. The summed E-state index contributed by atoms with van der Waals surface area (Å²) in [6.07, 6.45) is 4.52. The van der Waals surface area contributed by atoms with Crippen LogP contribution in [0.4, 0.5) is 11.9 Å². The number of anilines is 2. The summed E-state index contributed by atoms with van der Waals surface area (Å²) in [6, 6.07) is 6.09. The fourth-order valence-corrected chi connectivity index (χ4v) is 3.54. The monoisotopic (exact) mass is 372 g/mol. The van der Waals surface area contributed by atoms with Crippen LogP contribution in [0.5, 0.6) is 11.5 Å². The van der Waals surface area contributed by atoms with E-state index in [1.807, 2.05) is 6.07 Å². The van der Waals surface area contributed by atoms with Crippen molar-refractivity contribution in [2.45, 2.75) is 32.2 Å². The van der Waals surface area contributed by atoms with Gasteiger partial charge in [0, 0.05) is 6.07 Å². The minimum atomic E-state index is 0.182. The third-order valence-electron chi connectivity index (χ3n) is 5.04. The molecule has 2 heterocycles.